The molecule has 1 saturated heterocycles. The van der Waals surface area contributed by atoms with Gasteiger partial charge in [-0.25, -0.2) is 0 Å². The average molecular weight is 516 g/mol. The minimum Gasteiger partial charge on any atom is -0.507 e. The van der Waals surface area contributed by atoms with Crippen molar-refractivity contribution in [2.75, 3.05) is 27.2 Å². The van der Waals surface area contributed by atoms with Crippen LogP contribution in [0.25, 0.3) is 5.76 Å². The molecule has 0 aromatic heterocycles. The number of aryl methyl sites for hydroxylation is 1. The topological polar surface area (TPSA) is 113 Å². The van der Waals surface area contributed by atoms with E-state index in [0.717, 1.165) is 11.1 Å². The standard InChI is InChI=1S/C29H29N3O6/c1-19-17-22(11-14-24(19)38-18-20-7-5-4-6-8-20)27(33)25-26(21-9-12-23(13-10-21)32(36)37)31(16-15-30(2)3)29(35)28(25)34/h4-14,17,26,33H,15-16,18H2,1-3H3/b27-25+. The minimum atomic E-state index is -0.884. The molecular weight excluding hydrogens is 486 g/mol. The molecule has 1 aliphatic rings. The van der Waals surface area contributed by atoms with Crippen molar-refractivity contribution in [3.05, 3.63) is 111 Å². The van der Waals surface area contributed by atoms with Gasteiger partial charge >= 0.3 is 0 Å². The zero-order valence-electron chi connectivity index (χ0n) is 21.5. The Hall–Kier alpha value is -4.50. The average Bonchev–Trinajstić information content (AvgIpc) is 3.16. The van der Waals surface area contributed by atoms with Gasteiger partial charge in [-0.1, -0.05) is 30.3 Å². The minimum absolute atomic E-state index is 0.0556. The van der Waals surface area contributed by atoms with Crippen molar-refractivity contribution in [3.63, 3.8) is 0 Å². The highest BCUT2D eigenvalue weighted by molar-refractivity contribution is 6.46. The third-order valence-electron chi connectivity index (χ3n) is 6.43. The zero-order chi connectivity index (χ0) is 27.4. The molecule has 3 aromatic rings. The normalized spacial score (nSPS) is 16.7. The summed E-state index contributed by atoms with van der Waals surface area (Å²) in [5.74, 6) is -1.21. The summed E-state index contributed by atoms with van der Waals surface area (Å²) >= 11 is 0. The maximum Gasteiger partial charge on any atom is 0.295 e. The number of likely N-dealkylation sites (tertiary alicyclic amines) is 1. The van der Waals surface area contributed by atoms with E-state index in [2.05, 4.69) is 0 Å². The fraction of sp³-hybridized carbons (Fsp3) is 0.241. The largest absolute Gasteiger partial charge is 0.507 e. The lowest BCUT2D eigenvalue weighted by Gasteiger charge is -2.26. The Bertz CT molecular complexity index is 1380. The molecule has 1 atom stereocenters. The van der Waals surface area contributed by atoms with Gasteiger partial charge in [-0.3, -0.25) is 19.7 Å². The van der Waals surface area contributed by atoms with E-state index < -0.39 is 22.7 Å². The summed E-state index contributed by atoms with van der Waals surface area (Å²) in [6.07, 6.45) is 0. The molecule has 1 N–H and O–H groups in total. The Labute approximate surface area is 220 Å². The molecule has 0 radical (unpaired) electrons. The molecule has 9 heteroatoms. The van der Waals surface area contributed by atoms with Crippen LogP contribution in [0.2, 0.25) is 0 Å². The number of benzene rings is 3. The molecule has 0 saturated carbocycles. The lowest BCUT2D eigenvalue weighted by atomic mass is 9.94. The number of hydrogen-bond acceptors (Lipinski definition) is 7. The van der Waals surface area contributed by atoms with E-state index in [1.165, 1.54) is 29.2 Å². The first-order valence-electron chi connectivity index (χ1n) is 12.1. The summed E-state index contributed by atoms with van der Waals surface area (Å²) in [7, 11) is 3.70. The van der Waals surface area contributed by atoms with Gasteiger partial charge in [-0.2, -0.15) is 0 Å². The van der Waals surface area contributed by atoms with E-state index in [9.17, 15) is 24.8 Å². The number of carbonyl (C=O) groups is 2. The number of aliphatic hydroxyl groups excluding tert-OH is 1. The second-order valence-electron chi connectivity index (χ2n) is 9.40. The molecule has 3 aromatic carbocycles. The van der Waals surface area contributed by atoms with Gasteiger partial charge in [0.25, 0.3) is 17.4 Å². The number of ether oxygens (including phenoxy) is 1. The van der Waals surface area contributed by atoms with Gasteiger partial charge in [0.05, 0.1) is 16.5 Å². The first-order chi connectivity index (χ1) is 18.2. The Kier molecular flexibility index (Phi) is 7.87. The Morgan fingerprint density at radius 3 is 2.34 bits per heavy atom. The van der Waals surface area contributed by atoms with E-state index in [4.69, 9.17) is 4.74 Å². The van der Waals surface area contributed by atoms with E-state index in [-0.39, 0.29) is 23.6 Å². The van der Waals surface area contributed by atoms with Gasteiger partial charge < -0.3 is 19.6 Å². The third-order valence-corrected chi connectivity index (χ3v) is 6.43. The SMILES string of the molecule is Cc1cc(/C(O)=C2\C(=O)C(=O)N(CCN(C)C)C2c2ccc([N+](=O)[O-])cc2)ccc1OCc1ccccc1. The number of likely N-dealkylation sites (N-methyl/N-ethyl adjacent to an activating group) is 1. The predicted octanol–water partition coefficient (Wildman–Crippen LogP) is 4.47. The summed E-state index contributed by atoms with van der Waals surface area (Å²) < 4.78 is 5.93. The van der Waals surface area contributed by atoms with E-state index >= 15 is 0 Å². The summed E-state index contributed by atoms with van der Waals surface area (Å²) in [5.41, 5.74) is 2.46. The second kappa shape index (κ2) is 11.3. The molecule has 0 bridgehead atoms. The third kappa shape index (κ3) is 5.57. The second-order valence-corrected chi connectivity index (χ2v) is 9.40. The Morgan fingerprint density at radius 2 is 1.74 bits per heavy atom. The van der Waals surface area contributed by atoms with Crippen LogP contribution < -0.4 is 4.74 Å². The molecule has 0 spiro atoms. The van der Waals surface area contributed by atoms with E-state index in [0.29, 0.717) is 30.0 Å². The van der Waals surface area contributed by atoms with Crippen molar-refractivity contribution < 1.29 is 24.4 Å². The van der Waals surface area contributed by atoms with Crippen LogP contribution in [-0.2, 0) is 16.2 Å². The van der Waals surface area contributed by atoms with E-state index in [1.807, 2.05) is 56.3 Å². The Balaban J connectivity index is 1.71. The number of aliphatic hydroxyl groups is 1. The molecule has 1 amide bonds. The molecule has 1 aliphatic heterocycles. The molecule has 4 rings (SSSR count). The van der Waals surface area contributed by atoms with Crippen LogP contribution in [0.3, 0.4) is 0 Å². The molecule has 38 heavy (non-hydrogen) atoms. The van der Waals surface area contributed by atoms with Crippen LogP contribution in [-0.4, -0.2) is 58.7 Å². The number of nitrogens with zero attached hydrogens (tertiary/aromatic N) is 3. The highest BCUT2D eigenvalue weighted by Gasteiger charge is 2.46. The van der Waals surface area contributed by atoms with Crippen LogP contribution in [0.5, 0.6) is 5.75 Å². The van der Waals surface area contributed by atoms with Crippen molar-refractivity contribution in [1.82, 2.24) is 9.80 Å². The van der Waals surface area contributed by atoms with Crippen LogP contribution in [0.15, 0.2) is 78.4 Å². The molecule has 0 aliphatic carbocycles. The number of Topliss-reactive ketones (excluding diaryl/α,β-unsaturated/α-hetero) is 1. The highest BCUT2D eigenvalue weighted by Crippen LogP contribution is 2.40. The lowest BCUT2D eigenvalue weighted by Crippen LogP contribution is -2.35. The number of nitro benzene ring substituents is 1. The molecular formula is C29H29N3O6. The van der Waals surface area contributed by atoms with Crippen molar-refractivity contribution >= 4 is 23.1 Å². The molecule has 9 nitrogen and oxygen atoms in total. The number of amides is 1. The smallest absolute Gasteiger partial charge is 0.295 e. The van der Waals surface area contributed by atoms with Crippen molar-refractivity contribution in [1.29, 1.82) is 0 Å². The number of non-ortho nitro benzene ring substituents is 1. The predicted molar refractivity (Wildman–Crippen MR) is 143 cm³/mol. The van der Waals surface area contributed by atoms with Gasteiger partial charge in [0.1, 0.15) is 18.1 Å². The fourth-order valence-electron chi connectivity index (χ4n) is 4.39. The fourth-order valence-corrected chi connectivity index (χ4v) is 4.39. The summed E-state index contributed by atoms with van der Waals surface area (Å²) in [6.45, 7) is 2.94. The van der Waals surface area contributed by atoms with Crippen LogP contribution >= 0.6 is 0 Å². The molecule has 1 unspecified atom stereocenters. The first-order valence-corrected chi connectivity index (χ1v) is 12.1. The maximum absolute atomic E-state index is 13.2. The van der Waals surface area contributed by atoms with Crippen molar-refractivity contribution in [2.45, 2.75) is 19.6 Å². The molecule has 196 valence electrons. The van der Waals surface area contributed by atoms with Gasteiger partial charge in [0, 0.05) is 30.8 Å². The van der Waals surface area contributed by atoms with Gasteiger partial charge in [-0.05, 0) is 68.0 Å². The highest BCUT2D eigenvalue weighted by atomic mass is 16.6. The zero-order valence-corrected chi connectivity index (χ0v) is 21.5. The number of carbonyl (C=O) groups excluding carboxylic acids is 2. The van der Waals surface area contributed by atoms with Crippen LogP contribution in [0.4, 0.5) is 5.69 Å². The number of ketones is 1. The summed E-state index contributed by atoms with van der Waals surface area (Å²) in [4.78, 5) is 40.1. The molecule has 1 heterocycles. The lowest BCUT2D eigenvalue weighted by molar-refractivity contribution is -0.384. The Morgan fingerprint density at radius 1 is 1.05 bits per heavy atom. The summed E-state index contributed by atoms with van der Waals surface area (Å²) in [5, 5.41) is 22.5. The van der Waals surface area contributed by atoms with Crippen molar-refractivity contribution in [3.8, 4) is 5.75 Å². The quantitative estimate of drug-likeness (QED) is 0.147. The van der Waals surface area contributed by atoms with E-state index in [1.54, 1.807) is 18.2 Å². The van der Waals surface area contributed by atoms with Gasteiger partial charge in [0.15, 0.2) is 0 Å². The number of rotatable bonds is 9. The maximum atomic E-state index is 13.2. The number of nitro groups is 1. The number of hydrogen-bond donors (Lipinski definition) is 1. The van der Waals surface area contributed by atoms with Crippen LogP contribution in [0, 0.1) is 17.0 Å². The molecule has 1 fully saturated rings. The van der Waals surface area contributed by atoms with Crippen molar-refractivity contribution in [2.24, 2.45) is 0 Å². The summed E-state index contributed by atoms with van der Waals surface area (Å²) in [6, 6.07) is 19.6. The van der Waals surface area contributed by atoms with Gasteiger partial charge in [-0.15, -0.1) is 0 Å². The van der Waals surface area contributed by atoms with Gasteiger partial charge in [0.2, 0.25) is 0 Å². The monoisotopic (exact) mass is 515 g/mol. The van der Waals surface area contributed by atoms with Crippen LogP contribution in [0.1, 0.15) is 28.3 Å². The first kappa shape index (κ1) is 26.6.